The van der Waals surface area contributed by atoms with E-state index < -0.39 is 10.1 Å². The molecule has 70 heavy (non-hydrogen) atoms. The lowest BCUT2D eigenvalue weighted by Gasteiger charge is -2.23. The highest BCUT2D eigenvalue weighted by Crippen LogP contribution is 2.30. The number of unbranched alkanes of at least 4 members (excludes halogenated alkanes) is 1. The third-order valence-corrected chi connectivity index (χ3v) is 11.7. The molecule has 19 nitrogen and oxygen atoms in total. The van der Waals surface area contributed by atoms with Crippen molar-refractivity contribution in [2.75, 3.05) is 64.8 Å². The van der Waals surface area contributed by atoms with Gasteiger partial charge in [-0.1, -0.05) is 92.7 Å². The fraction of sp³-hybridized carbons (Fsp3) is 0.360. The van der Waals surface area contributed by atoms with E-state index in [4.69, 9.17) is 23.9 Å². The summed E-state index contributed by atoms with van der Waals surface area (Å²) >= 11 is 0. The van der Waals surface area contributed by atoms with Gasteiger partial charge in [0.25, 0.3) is 16.0 Å². The minimum absolute atomic E-state index is 0.0152. The maximum atomic E-state index is 12.8. The highest BCUT2D eigenvalue weighted by atomic mass is 32.2. The summed E-state index contributed by atoms with van der Waals surface area (Å²) < 4.78 is 57.0. The van der Waals surface area contributed by atoms with Gasteiger partial charge in [0.2, 0.25) is 11.8 Å². The first-order chi connectivity index (χ1) is 34.0. The number of ether oxygens (including phenoxy) is 4. The van der Waals surface area contributed by atoms with Crippen LogP contribution in [0.25, 0.3) is 22.4 Å². The van der Waals surface area contributed by atoms with E-state index in [2.05, 4.69) is 73.7 Å². The van der Waals surface area contributed by atoms with Crippen LogP contribution >= 0.6 is 0 Å². The second kappa shape index (κ2) is 27.3. The number of benzene rings is 3. The summed E-state index contributed by atoms with van der Waals surface area (Å²) in [6, 6.07) is 33.4. The number of carbonyl (C=O) groups excluding carboxylic acids is 2. The third kappa shape index (κ3) is 17.2. The van der Waals surface area contributed by atoms with Gasteiger partial charge in [0.15, 0.2) is 5.82 Å². The lowest BCUT2D eigenvalue weighted by Crippen LogP contribution is -2.32. The van der Waals surface area contributed by atoms with E-state index in [9.17, 15) is 22.6 Å². The molecular formula is C50H60N10O9S. The van der Waals surface area contributed by atoms with Crippen molar-refractivity contribution < 1.29 is 41.5 Å². The number of amides is 2. The normalized spacial score (nSPS) is 11.7. The minimum atomic E-state index is -4.40. The Morgan fingerprint density at radius 3 is 2.09 bits per heavy atom. The topological polar surface area (TPSA) is 243 Å². The lowest BCUT2D eigenvalue weighted by molar-refractivity contribution is -0.122. The Bertz CT molecular complexity index is 2630. The number of aromatic nitrogens is 6. The number of hydrogen-bond donors (Lipinski definition) is 4. The van der Waals surface area contributed by atoms with E-state index in [0.717, 1.165) is 41.6 Å². The van der Waals surface area contributed by atoms with Crippen molar-refractivity contribution in [1.29, 1.82) is 0 Å². The largest absolute Gasteiger partial charge is 0.478 e. The van der Waals surface area contributed by atoms with Gasteiger partial charge in [-0.25, -0.2) is 14.6 Å². The molecule has 0 atom stereocenters. The summed E-state index contributed by atoms with van der Waals surface area (Å²) in [6.45, 7) is 8.05. The van der Waals surface area contributed by atoms with Crippen LogP contribution in [0.3, 0.4) is 0 Å². The molecule has 0 aliphatic carbocycles. The number of hydrogen-bond acceptors (Lipinski definition) is 15. The van der Waals surface area contributed by atoms with Gasteiger partial charge >= 0.3 is 0 Å². The first-order valence-electron chi connectivity index (χ1n) is 23.1. The Labute approximate surface area is 408 Å². The van der Waals surface area contributed by atoms with Crippen LogP contribution < -0.4 is 20.8 Å². The predicted octanol–water partition coefficient (Wildman–Crippen LogP) is 6.39. The summed E-state index contributed by atoms with van der Waals surface area (Å²) in [7, 11) is -4.40. The Hall–Kier alpha value is -6.97. The Morgan fingerprint density at radius 1 is 0.743 bits per heavy atom. The number of nitrogens with one attached hydrogen (secondary N) is 3. The fourth-order valence-electron chi connectivity index (χ4n) is 7.09. The zero-order valence-corrected chi connectivity index (χ0v) is 40.2. The van der Waals surface area contributed by atoms with Gasteiger partial charge in [-0.05, 0) is 77.9 Å². The zero-order valence-electron chi connectivity index (χ0n) is 39.4. The van der Waals surface area contributed by atoms with Crippen LogP contribution in [0.1, 0.15) is 67.7 Å². The van der Waals surface area contributed by atoms with Gasteiger partial charge in [-0.15, -0.1) is 5.10 Å². The van der Waals surface area contributed by atoms with Crippen molar-refractivity contribution in [2.45, 2.75) is 62.8 Å². The van der Waals surface area contributed by atoms with Crippen molar-refractivity contribution in [2.24, 2.45) is 5.10 Å². The molecule has 0 spiro atoms. The summed E-state index contributed by atoms with van der Waals surface area (Å²) in [6.07, 6.45) is 6.33. The quantitative estimate of drug-likeness (QED) is 0.0165. The van der Waals surface area contributed by atoms with E-state index >= 15 is 0 Å². The summed E-state index contributed by atoms with van der Waals surface area (Å²) in [4.78, 5) is 34.0. The number of anilines is 1. The Kier molecular flexibility index (Phi) is 20.4. The van der Waals surface area contributed by atoms with E-state index in [-0.39, 0.29) is 34.2 Å². The monoisotopic (exact) mass is 976 g/mol. The van der Waals surface area contributed by atoms with E-state index in [1.165, 1.54) is 30.6 Å². The molecule has 0 aliphatic heterocycles. The molecule has 2 amide bonds. The summed E-state index contributed by atoms with van der Waals surface area (Å²) in [5, 5.41) is 22.0. The number of pyridine rings is 2. The van der Waals surface area contributed by atoms with Gasteiger partial charge in [0.1, 0.15) is 17.3 Å². The molecule has 6 rings (SSSR count). The molecule has 0 radical (unpaired) electrons. The number of nitrogens with zero attached hydrogens (tertiary/aromatic N) is 7. The summed E-state index contributed by atoms with van der Waals surface area (Å²) in [5.41, 5.74) is 6.86. The van der Waals surface area contributed by atoms with Crippen molar-refractivity contribution in [3.63, 3.8) is 0 Å². The third-order valence-electron chi connectivity index (χ3n) is 10.7. The second-order valence-electron chi connectivity index (χ2n) is 16.6. The Morgan fingerprint density at radius 2 is 1.40 bits per heavy atom. The second-order valence-corrected chi connectivity index (χ2v) is 18.0. The predicted molar refractivity (Wildman–Crippen MR) is 264 cm³/mol. The van der Waals surface area contributed by atoms with Crippen molar-refractivity contribution in [1.82, 2.24) is 40.8 Å². The van der Waals surface area contributed by atoms with Gasteiger partial charge in [0.05, 0.1) is 50.5 Å². The van der Waals surface area contributed by atoms with E-state index in [1.807, 2.05) is 54.6 Å². The van der Waals surface area contributed by atoms with Crippen LogP contribution in [0.5, 0.6) is 5.88 Å². The molecule has 0 unspecified atom stereocenters. The van der Waals surface area contributed by atoms with Crippen LogP contribution in [0, 0.1) is 0 Å². The van der Waals surface area contributed by atoms with Gasteiger partial charge in [0, 0.05) is 55.1 Å². The van der Waals surface area contributed by atoms with Crippen LogP contribution in [-0.2, 0) is 41.1 Å². The minimum Gasteiger partial charge on any atom is -0.478 e. The SMILES string of the molecule is CC(C)(CCCCOc1cc(-c2ccccc2)cc(-c2ccccc2)n1)c1nnnn1CC(=O)NCCCOCCOCCOCCCNC(=O)c1ccc(N/N=C/c2ccccc2S(=O)(=O)O)nc1. The maximum absolute atomic E-state index is 12.8. The van der Waals surface area contributed by atoms with Crippen LogP contribution in [-0.4, -0.2) is 121 Å². The molecule has 3 aromatic carbocycles. The maximum Gasteiger partial charge on any atom is 0.295 e. The molecule has 3 aromatic heterocycles. The Balaban J connectivity index is 0.759. The molecule has 370 valence electrons. The van der Waals surface area contributed by atoms with Gasteiger partial charge < -0.3 is 29.6 Å². The molecule has 0 saturated carbocycles. The molecule has 6 aromatic rings. The van der Waals surface area contributed by atoms with Crippen LogP contribution in [0.4, 0.5) is 5.82 Å². The zero-order chi connectivity index (χ0) is 49.4. The average molecular weight is 977 g/mol. The first-order valence-corrected chi connectivity index (χ1v) is 24.5. The standard InChI is InChI=1S/C50H60N10O9S/c1-50(2,23-11-12-28-69-47-34-42(38-15-5-3-6-16-38)33-43(55-47)39-17-7-4-8-18-39)49-57-58-59-60(49)37-46(61)51-24-13-26-66-29-31-68-32-30-67-27-14-25-52-48(62)41-21-22-45(53-35-41)56-54-36-40-19-9-10-20-44(40)70(63,64)65/h3-10,15-22,33-36H,11-14,23-32,37H2,1-2H3,(H,51,61)(H,52,62)(H,53,56)(H,63,64,65)/b54-36+. The number of rotatable bonds is 30. The van der Waals surface area contributed by atoms with Crippen molar-refractivity contribution >= 4 is 34.0 Å². The molecule has 0 aliphatic rings. The molecule has 0 saturated heterocycles. The molecule has 20 heteroatoms. The molecule has 0 bridgehead atoms. The van der Waals surface area contributed by atoms with Crippen LogP contribution in [0.15, 0.2) is 125 Å². The van der Waals surface area contributed by atoms with E-state index in [0.29, 0.717) is 95.3 Å². The summed E-state index contributed by atoms with van der Waals surface area (Å²) in [5.74, 6) is 1.08. The van der Waals surface area contributed by atoms with E-state index in [1.54, 1.807) is 22.9 Å². The molecule has 0 fully saturated rings. The highest BCUT2D eigenvalue weighted by Gasteiger charge is 2.28. The molecular weight excluding hydrogens is 917 g/mol. The number of hydrazone groups is 1. The highest BCUT2D eigenvalue weighted by molar-refractivity contribution is 7.86. The van der Waals surface area contributed by atoms with Crippen molar-refractivity contribution in [3.8, 4) is 28.3 Å². The number of tetrazole rings is 1. The smallest absolute Gasteiger partial charge is 0.295 e. The fourth-order valence-corrected chi connectivity index (χ4v) is 7.75. The number of carbonyl (C=O) groups is 2. The van der Waals surface area contributed by atoms with Crippen LogP contribution in [0.2, 0.25) is 0 Å². The average Bonchev–Trinajstić information content (AvgIpc) is 3.84. The molecule has 3 heterocycles. The van der Waals surface area contributed by atoms with Gasteiger partial charge in [-0.3, -0.25) is 19.6 Å². The lowest BCUT2D eigenvalue weighted by atomic mass is 9.86. The molecule has 4 N–H and O–H groups in total. The van der Waals surface area contributed by atoms with Crippen molar-refractivity contribution in [3.05, 3.63) is 132 Å². The first kappa shape index (κ1) is 52.4. The van der Waals surface area contributed by atoms with Gasteiger partial charge in [-0.2, -0.15) is 13.5 Å².